The minimum Gasteiger partial charge on any atom is -0.396 e. The lowest BCUT2D eigenvalue weighted by Gasteiger charge is -2.31. The molecule has 0 aliphatic heterocycles. The fourth-order valence-electron chi connectivity index (χ4n) is 1.79. The third-order valence-electron chi connectivity index (χ3n) is 3.09. The van der Waals surface area contributed by atoms with Gasteiger partial charge in [-0.05, 0) is 12.8 Å². The average molecular weight is 534 g/mol. The van der Waals surface area contributed by atoms with Crippen LogP contribution in [0.25, 0.3) is 0 Å². The number of aliphatic hydroxyl groups excluding tert-OH is 2. The summed E-state index contributed by atoms with van der Waals surface area (Å²) in [5, 5.41) is 17.8. The smallest absolute Gasteiger partial charge is 0.396 e. The van der Waals surface area contributed by atoms with Crippen molar-refractivity contribution in [3.05, 3.63) is 0 Å². The molecule has 18 heteroatoms. The van der Waals surface area contributed by atoms with Gasteiger partial charge < -0.3 is 24.4 Å². The van der Waals surface area contributed by atoms with E-state index in [2.05, 4.69) is 23.7 Å². The molecular formula is C16H24F10O8. The molecule has 0 aromatic heterocycles. The molecule has 0 spiro atoms. The Balaban J connectivity index is 4.83. The summed E-state index contributed by atoms with van der Waals surface area (Å²) in [6.45, 7) is -4.69. The summed E-state index contributed by atoms with van der Waals surface area (Å²) in [6.07, 6.45) is -30.6. The molecule has 0 aliphatic carbocycles. The van der Waals surface area contributed by atoms with Crippen LogP contribution >= 0.6 is 0 Å². The molecule has 0 saturated heterocycles. The van der Waals surface area contributed by atoms with Crippen LogP contribution in [-0.4, -0.2) is 93.3 Å². The van der Waals surface area contributed by atoms with Crippen molar-refractivity contribution in [3.63, 3.8) is 0 Å². The van der Waals surface area contributed by atoms with Crippen LogP contribution in [0.4, 0.5) is 43.9 Å². The van der Waals surface area contributed by atoms with Gasteiger partial charge in [-0.1, -0.05) is 6.92 Å². The first-order valence-electron chi connectivity index (χ1n) is 9.40. The van der Waals surface area contributed by atoms with Crippen molar-refractivity contribution in [2.24, 2.45) is 0 Å². The number of hydrogen-bond acceptors (Lipinski definition) is 8. The maximum atomic E-state index is 13.4. The Kier molecular flexibility index (Phi) is 13.5. The zero-order valence-electron chi connectivity index (χ0n) is 17.6. The van der Waals surface area contributed by atoms with E-state index in [0.717, 1.165) is 0 Å². The van der Waals surface area contributed by atoms with Crippen LogP contribution in [0.5, 0.6) is 0 Å². The Bertz CT molecular complexity index is 568. The summed E-state index contributed by atoms with van der Waals surface area (Å²) >= 11 is 0. The van der Waals surface area contributed by atoms with E-state index in [9.17, 15) is 49.0 Å². The highest BCUT2D eigenvalue weighted by Gasteiger charge is 2.68. The minimum absolute atomic E-state index is 0.0172. The zero-order chi connectivity index (χ0) is 26.7. The molecule has 206 valence electrons. The van der Waals surface area contributed by atoms with Gasteiger partial charge in [0, 0.05) is 19.8 Å². The Morgan fingerprint density at radius 3 is 1.74 bits per heavy atom. The van der Waals surface area contributed by atoms with Crippen LogP contribution in [0, 0.1) is 0 Å². The van der Waals surface area contributed by atoms with E-state index in [4.69, 9.17) is 9.84 Å². The van der Waals surface area contributed by atoms with Crippen LogP contribution in [0.15, 0.2) is 0 Å². The van der Waals surface area contributed by atoms with E-state index in [0.29, 0.717) is 0 Å². The van der Waals surface area contributed by atoms with Gasteiger partial charge in [-0.2, -0.15) is 35.1 Å². The highest BCUT2D eigenvalue weighted by Crippen LogP contribution is 2.44. The number of aliphatic hydroxyl groups is 2. The monoisotopic (exact) mass is 534 g/mol. The first-order valence-corrected chi connectivity index (χ1v) is 9.40. The standard InChI is InChI=1S/C16H24F10O8/c1-2-5-30-9-12(17,18)32-14(21,22)15(23,24)34-16(25,26)33-13(19,20)10-31-8-11(28)7-29-6-3-4-27/h11,27-28H,2-10H2,1H3. The number of alkyl halides is 10. The Hall–Kier alpha value is -1.02. The van der Waals surface area contributed by atoms with E-state index in [1.54, 1.807) is 0 Å². The number of rotatable bonds is 20. The van der Waals surface area contributed by atoms with Gasteiger partial charge in [0.1, 0.15) is 19.3 Å². The Labute approximate surface area is 186 Å². The molecule has 0 aromatic rings. The summed E-state index contributed by atoms with van der Waals surface area (Å²) in [6, 6.07) is 0. The maximum absolute atomic E-state index is 13.4. The average Bonchev–Trinajstić information content (AvgIpc) is 2.62. The lowest BCUT2D eigenvalue weighted by Crippen LogP contribution is -2.54. The molecule has 0 aliphatic rings. The van der Waals surface area contributed by atoms with E-state index in [1.165, 1.54) is 6.92 Å². The largest absolute Gasteiger partial charge is 0.495 e. The van der Waals surface area contributed by atoms with Gasteiger partial charge in [0.2, 0.25) is 0 Å². The third kappa shape index (κ3) is 13.8. The molecule has 0 heterocycles. The topological polar surface area (TPSA) is 95.8 Å². The van der Waals surface area contributed by atoms with Crippen LogP contribution < -0.4 is 0 Å². The molecular weight excluding hydrogens is 510 g/mol. The predicted molar refractivity (Wildman–Crippen MR) is 88.4 cm³/mol. The van der Waals surface area contributed by atoms with Gasteiger partial charge in [-0.25, -0.2) is 14.2 Å². The summed E-state index contributed by atoms with van der Waals surface area (Å²) in [5.41, 5.74) is 0. The highest BCUT2D eigenvalue weighted by molar-refractivity contribution is 4.71. The molecule has 0 saturated carbocycles. The van der Waals surface area contributed by atoms with Gasteiger partial charge in [-0.15, -0.1) is 8.78 Å². The van der Waals surface area contributed by atoms with Crippen LogP contribution in [0.2, 0.25) is 0 Å². The molecule has 8 nitrogen and oxygen atoms in total. The van der Waals surface area contributed by atoms with Crippen molar-refractivity contribution < 1.29 is 82.5 Å². The Morgan fingerprint density at radius 2 is 1.18 bits per heavy atom. The lowest BCUT2D eigenvalue weighted by atomic mass is 10.4. The molecule has 1 unspecified atom stereocenters. The van der Waals surface area contributed by atoms with E-state index in [-0.39, 0.29) is 26.1 Å². The van der Waals surface area contributed by atoms with E-state index < -0.39 is 69.9 Å². The van der Waals surface area contributed by atoms with Crippen molar-refractivity contribution in [1.82, 2.24) is 0 Å². The molecule has 0 amide bonds. The van der Waals surface area contributed by atoms with Crippen LogP contribution in [-0.2, 0) is 28.4 Å². The second-order valence-electron chi connectivity index (χ2n) is 6.45. The fraction of sp³-hybridized carbons (Fsp3) is 1.00. The van der Waals surface area contributed by atoms with Gasteiger partial charge in [0.05, 0.1) is 13.2 Å². The summed E-state index contributed by atoms with van der Waals surface area (Å²) < 4.78 is 154. The normalized spacial score (nSPS) is 15.1. The fourth-order valence-corrected chi connectivity index (χ4v) is 1.79. The van der Waals surface area contributed by atoms with E-state index in [1.807, 2.05) is 0 Å². The molecule has 1 atom stereocenters. The predicted octanol–water partition coefficient (Wildman–Crippen LogP) is 3.16. The summed E-state index contributed by atoms with van der Waals surface area (Å²) in [7, 11) is 0. The lowest BCUT2D eigenvalue weighted by molar-refractivity contribution is -0.566. The third-order valence-corrected chi connectivity index (χ3v) is 3.09. The zero-order valence-corrected chi connectivity index (χ0v) is 17.6. The number of halogens is 10. The second-order valence-corrected chi connectivity index (χ2v) is 6.45. The van der Waals surface area contributed by atoms with Gasteiger partial charge in [0.25, 0.3) is 0 Å². The van der Waals surface area contributed by atoms with Gasteiger partial charge >= 0.3 is 30.7 Å². The van der Waals surface area contributed by atoms with Crippen molar-refractivity contribution in [2.75, 3.05) is 46.2 Å². The van der Waals surface area contributed by atoms with E-state index >= 15 is 0 Å². The SMILES string of the molecule is CCCOCC(F)(F)OC(F)(F)C(F)(F)OC(F)(F)OC(F)(F)COCC(O)COCCCO. The summed E-state index contributed by atoms with van der Waals surface area (Å²) in [4.78, 5) is 0. The van der Waals surface area contributed by atoms with Crippen molar-refractivity contribution in [1.29, 1.82) is 0 Å². The molecule has 0 fully saturated rings. The number of hydrogen-bond donors (Lipinski definition) is 2. The van der Waals surface area contributed by atoms with Gasteiger partial charge in [0.15, 0.2) is 0 Å². The second kappa shape index (κ2) is 13.9. The maximum Gasteiger partial charge on any atom is 0.495 e. The molecule has 0 radical (unpaired) electrons. The highest BCUT2D eigenvalue weighted by atomic mass is 19.3. The number of ether oxygens (including phenoxy) is 6. The quantitative estimate of drug-likeness (QED) is 0.140. The van der Waals surface area contributed by atoms with Crippen molar-refractivity contribution in [2.45, 2.75) is 56.6 Å². The minimum atomic E-state index is -6.58. The molecule has 0 rings (SSSR count). The molecule has 2 N–H and O–H groups in total. The summed E-state index contributed by atoms with van der Waals surface area (Å²) in [5.74, 6) is 0. The van der Waals surface area contributed by atoms with Crippen LogP contribution in [0.3, 0.4) is 0 Å². The molecule has 34 heavy (non-hydrogen) atoms. The first-order chi connectivity index (χ1) is 15.4. The van der Waals surface area contributed by atoms with Crippen molar-refractivity contribution >= 4 is 0 Å². The Morgan fingerprint density at radius 1 is 0.676 bits per heavy atom. The van der Waals surface area contributed by atoms with Crippen LogP contribution in [0.1, 0.15) is 19.8 Å². The molecule has 0 aromatic carbocycles. The van der Waals surface area contributed by atoms with Crippen molar-refractivity contribution in [3.8, 4) is 0 Å². The van der Waals surface area contributed by atoms with Gasteiger partial charge in [-0.3, -0.25) is 0 Å². The first kappa shape index (κ1) is 33.0. The molecule has 0 bridgehead atoms.